The number of aliphatic imine (C=N–C) groups is 1. The number of H-pyrrole nitrogens is 2. The van der Waals surface area contributed by atoms with Crippen molar-refractivity contribution in [1.29, 1.82) is 0 Å². The van der Waals surface area contributed by atoms with Crippen molar-refractivity contribution in [2.75, 3.05) is 0 Å². The van der Waals surface area contributed by atoms with Crippen molar-refractivity contribution in [2.24, 2.45) is 10.9 Å². The summed E-state index contributed by atoms with van der Waals surface area (Å²) in [6.07, 6.45) is 8.05. The minimum Gasteiger partial charge on any atom is -0.481 e. The Bertz CT molecular complexity index is 1750. The summed E-state index contributed by atoms with van der Waals surface area (Å²) in [6.45, 7) is 13.2. The number of rotatable bonds is 11. The molecule has 2 aromatic heterocycles. The van der Waals surface area contributed by atoms with Gasteiger partial charge >= 0.3 is 11.9 Å². The molecule has 4 rings (SSSR count). The summed E-state index contributed by atoms with van der Waals surface area (Å²) in [7, 11) is 0. The average Bonchev–Trinajstić information content (AvgIpc) is 3.59. The van der Waals surface area contributed by atoms with Gasteiger partial charge in [-0.05, 0) is 93.0 Å². The fourth-order valence-electron chi connectivity index (χ4n) is 5.90. The van der Waals surface area contributed by atoms with Crippen LogP contribution >= 0.6 is 0 Å². The van der Waals surface area contributed by atoms with Crippen molar-refractivity contribution in [3.63, 3.8) is 0 Å². The molecule has 0 unspecified atom stereocenters. The van der Waals surface area contributed by atoms with Gasteiger partial charge in [0.15, 0.2) is 0 Å². The summed E-state index contributed by atoms with van der Waals surface area (Å²) in [5.41, 5.74) is 7.85. The van der Waals surface area contributed by atoms with E-state index in [2.05, 4.69) is 26.9 Å². The lowest BCUT2D eigenvalue weighted by Crippen LogP contribution is -2.30. The van der Waals surface area contributed by atoms with Crippen molar-refractivity contribution in [3.05, 3.63) is 79.8 Å². The summed E-state index contributed by atoms with van der Waals surface area (Å²) in [4.78, 5) is 58.8. The van der Waals surface area contributed by atoms with Crippen molar-refractivity contribution < 1.29 is 29.4 Å². The summed E-state index contributed by atoms with van der Waals surface area (Å²) < 4.78 is 0. The van der Waals surface area contributed by atoms with E-state index in [1.807, 2.05) is 52.8 Å². The summed E-state index contributed by atoms with van der Waals surface area (Å²) >= 11 is 0. The highest BCUT2D eigenvalue weighted by Gasteiger charge is 2.29. The molecule has 10 heteroatoms. The van der Waals surface area contributed by atoms with E-state index in [0.29, 0.717) is 34.1 Å². The van der Waals surface area contributed by atoms with Crippen LogP contribution in [0.1, 0.15) is 67.3 Å². The van der Waals surface area contributed by atoms with E-state index >= 15 is 0 Å². The van der Waals surface area contributed by atoms with Gasteiger partial charge in [-0.25, -0.2) is 4.99 Å². The topological polar surface area (TPSA) is 165 Å². The number of amides is 2. The first-order chi connectivity index (χ1) is 20.4. The lowest BCUT2D eigenvalue weighted by atomic mass is 9.98. The van der Waals surface area contributed by atoms with E-state index in [4.69, 9.17) is 0 Å². The predicted octanol–water partition coefficient (Wildman–Crippen LogP) is 2.71. The highest BCUT2D eigenvalue weighted by atomic mass is 16.4. The van der Waals surface area contributed by atoms with Gasteiger partial charge in [-0.1, -0.05) is 18.7 Å². The van der Waals surface area contributed by atoms with Gasteiger partial charge in [0.1, 0.15) is 0 Å². The Labute approximate surface area is 249 Å². The minimum absolute atomic E-state index is 0.0640. The van der Waals surface area contributed by atoms with Crippen LogP contribution in [0.3, 0.4) is 0 Å². The molecule has 0 spiro atoms. The number of carboxylic acid groups (broad SMARTS) is 2. The zero-order valence-corrected chi connectivity index (χ0v) is 25.2. The molecular weight excluding hydrogens is 548 g/mol. The standard InChI is InChI=1S/C33H38N4O6/c1-7-20-19(6)32(42)37-27(20)14-25-18(5)23(10-12-31(40)41)29(35-25)15-28-22(9-11-30(38)39)17(4)24(34-28)13-26-16(3)21(8-2)33(43)36-26/h7-8,14-15,19,26,34-35H,2,9-13H2,1,3-6H3,(H,36,43)(H,38,39)(H,40,41)/b20-7-,25-14?,29-15?/t19-,26-/m1/s1. The van der Waals surface area contributed by atoms with E-state index in [-0.39, 0.29) is 49.5 Å². The minimum atomic E-state index is -0.922. The van der Waals surface area contributed by atoms with E-state index in [0.717, 1.165) is 39.1 Å². The number of nitrogens with zero attached hydrogens (tertiary/aromatic N) is 1. The largest absolute Gasteiger partial charge is 0.481 e. The highest BCUT2D eigenvalue weighted by Crippen LogP contribution is 2.27. The maximum absolute atomic E-state index is 12.4. The molecule has 2 amide bonds. The van der Waals surface area contributed by atoms with Crippen molar-refractivity contribution in [2.45, 2.75) is 72.8 Å². The third-order valence-corrected chi connectivity index (χ3v) is 8.50. The molecule has 10 nitrogen and oxygen atoms in total. The Hall–Kier alpha value is -4.73. The molecule has 0 saturated heterocycles. The van der Waals surface area contributed by atoms with E-state index in [1.54, 1.807) is 6.08 Å². The summed E-state index contributed by atoms with van der Waals surface area (Å²) in [5, 5.41) is 23.3. The molecule has 0 aromatic carbocycles. The number of hydrogen-bond acceptors (Lipinski definition) is 4. The molecule has 0 saturated carbocycles. The number of hydrogen-bond donors (Lipinski definition) is 5. The number of allylic oxidation sites excluding steroid dienone is 1. The molecule has 2 atom stereocenters. The third-order valence-electron chi connectivity index (χ3n) is 8.50. The Morgan fingerprint density at radius 3 is 2.19 bits per heavy atom. The lowest BCUT2D eigenvalue weighted by Gasteiger charge is -2.12. The van der Waals surface area contributed by atoms with E-state index in [9.17, 15) is 29.4 Å². The summed E-state index contributed by atoms with van der Waals surface area (Å²) in [5.74, 6) is -2.54. The van der Waals surface area contributed by atoms with Gasteiger partial charge in [0.05, 0.1) is 17.7 Å². The molecular formula is C33H38N4O6. The van der Waals surface area contributed by atoms with Crippen LogP contribution in [0.2, 0.25) is 0 Å². The number of aromatic amines is 2. The predicted molar refractivity (Wildman–Crippen MR) is 164 cm³/mol. The molecule has 226 valence electrons. The highest BCUT2D eigenvalue weighted by molar-refractivity contribution is 6.29. The van der Waals surface area contributed by atoms with Crippen LogP contribution in [-0.4, -0.2) is 55.7 Å². The van der Waals surface area contributed by atoms with Crippen LogP contribution < -0.4 is 16.0 Å². The van der Waals surface area contributed by atoms with Gasteiger partial charge in [-0.15, -0.1) is 0 Å². The number of nitrogens with one attached hydrogen (secondary N) is 3. The maximum atomic E-state index is 12.4. The van der Waals surface area contributed by atoms with Crippen molar-refractivity contribution in [1.82, 2.24) is 15.3 Å². The van der Waals surface area contributed by atoms with Crippen molar-refractivity contribution in [3.8, 4) is 0 Å². The van der Waals surface area contributed by atoms with Crippen LogP contribution in [0.15, 0.2) is 40.4 Å². The molecule has 2 aliphatic rings. The van der Waals surface area contributed by atoms with Crippen LogP contribution in [0, 0.1) is 19.8 Å². The van der Waals surface area contributed by atoms with Crippen LogP contribution in [0.4, 0.5) is 0 Å². The van der Waals surface area contributed by atoms with Gasteiger partial charge in [0.25, 0.3) is 11.8 Å². The second-order valence-electron chi connectivity index (χ2n) is 11.1. The molecule has 4 heterocycles. The van der Waals surface area contributed by atoms with Gasteiger partial charge in [-0.2, -0.15) is 0 Å². The fourth-order valence-corrected chi connectivity index (χ4v) is 5.90. The number of aliphatic carboxylic acids is 2. The Morgan fingerprint density at radius 1 is 0.953 bits per heavy atom. The van der Waals surface area contributed by atoms with Gasteiger partial charge in [-0.3, -0.25) is 19.2 Å². The number of aromatic nitrogens is 2. The molecule has 43 heavy (non-hydrogen) atoms. The first kappa shape index (κ1) is 31.2. The lowest BCUT2D eigenvalue weighted by molar-refractivity contribution is -0.138. The van der Waals surface area contributed by atoms with Gasteiger partial charge in [0, 0.05) is 46.9 Å². The number of carbonyl (C=O) groups excluding carboxylic acids is 2. The van der Waals surface area contributed by atoms with Gasteiger partial charge in [0.2, 0.25) is 0 Å². The number of carbonyl (C=O) groups is 4. The van der Waals surface area contributed by atoms with E-state index < -0.39 is 11.9 Å². The van der Waals surface area contributed by atoms with E-state index in [1.165, 1.54) is 0 Å². The smallest absolute Gasteiger partial charge is 0.303 e. The Morgan fingerprint density at radius 2 is 1.60 bits per heavy atom. The second kappa shape index (κ2) is 12.6. The molecule has 0 radical (unpaired) electrons. The first-order valence-corrected chi connectivity index (χ1v) is 14.3. The molecule has 0 fully saturated rings. The average molecular weight is 587 g/mol. The zero-order chi connectivity index (χ0) is 31.6. The third kappa shape index (κ3) is 6.38. The van der Waals surface area contributed by atoms with Crippen LogP contribution in [-0.2, 0) is 38.4 Å². The fraction of sp³-hybridized carbons (Fsp3) is 0.364. The monoisotopic (exact) mass is 586 g/mol. The number of carboxylic acids is 2. The van der Waals surface area contributed by atoms with Crippen LogP contribution in [0.5, 0.6) is 0 Å². The van der Waals surface area contributed by atoms with Crippen molar-refractivity contribution >= 4 is 41.6 Å². The normalized spacial score (nSPS) is 20.4. The molecule has 0 bridgehead atoms. The van der Waals surface area contributed by atoms with Gasteiger partial charge < -0.3 is 25.5 Å². The molecule has 0 aliphatic carbocycles. The summed E-state index contributed by atoms with van der Waals surface area (Å²) in [6, 6.07) is -0.226. The SMILES string of the molecule is C=CC1=C(C)[C@@H](Cc2[nH]c(C=c3[nH]c(=CC4=NC(=O)[C@H](C)/C4=C/C)c(C)c3CCC(=O)O)c(CCC(=O)O)c2C)NC1=O. The Kier molecular flexibility index (Phi) is 9.18. The first-order valence-electron chi connectivity index (χ1n) is 14.3. The second-order valence-corrected chi connectivity index (χ2v) is 11.1. The zero-order valence-electron chi connectivity index (χ0n) is 25.2. The molecule has 2 aliphatic heterocycles. The molecule has 2 aromatic rings. The molecule has 5 N–H and O–H groups in total. The van der Waals surface area contributed by atoms with Crippen LogP contribution in [0.25, 0.3) is 12.2 Å². The maximum Gasteiger partial charge on any atom is 0.303 e. The quantitative estimate of drug-likeness (QED) is 0.272. The Balaban J connectivity index is 1.86.